The van der Waals surface area contributed by atoms with Crippen molar-refractivity contribution in [2.75, 3.05) is 11.9 Å². The van der Waals surface area contributed by atoms with Crippen molar-refractivity contribution < 1.29 is 15.0 Å². The second-order valence-corrected chi connectivity index (χ2v) is 4.45. The zero-order valence-corrected chi connectivity index (χ0v) is 10.2. The van der Waals surface area contributed by atoms with Gasteiger partial charge in [0.1, 0.15) is 0 Å². The monoisotopic (exact) mass is 237 g/mol. The van der Waals surface area contributed by atoms with Crippen molar-refractivity contribution >= 4 is 11.7 Å². The van der Waals surface area contributed by atoms with E-state index in [2.05, 4.69) is 5.32 Å². The van der Waals surface area contributed by atoms with Crippen LogP contribution in [0.1, 0.15) is 37.0 Å². The molecule has 0 saturated carbocycles. The number of carbonyl (C=O) groups is 1. The summed E-state index contributed by atoms with van der Waals surface area (Å²) < 4.78 is 0. The highest BCUT2D eigenvalue weighted by Crippen LogP contribution is 2.18. The molecule has 1 aromatic carbocycles. The zero-order chi connectivity index (χ0) is 12.9. The van der Waals surface area contributed by atoms with E-state index in [4.69, 9.17) is 5.11 Å². The first-order valence-electron chi connectivity index (χ1n) is 5.75. The molecule has 94 valence electrons. The van der Waals surface area contributed by atoms with E-state index in [1.165, 1.54) is 0 Å². The van der Waals surface area contributed by atoms with Crippen molar-refractivity contribution in [3.63, 3.8) is 0 Å². The number of carboxylic acids is 1. The Kier molecular flexibility index (Phi) is 4.52. The standard InChI is InChI=1S/C13H19NO3/c1-3-8-13(2,17)9-14-11-7-5-4-6-10(11)12(15)16/h4-7,14,17H,3,8-9H2,1-2H3,(H,15,16). The van der Waals surface area contributed by atoms with Crippen molar-refractivity contribution in [1.82, 2.24) is 0 Å². The van der Waals surface area contributed by atoms with Gasteiger partial charge in [-0.25, -0.2) is 4.79 Å². The average molecular weight is 237 g/mol. The highest BCUT2D eigenvalue weighted by Gasteiger charge is 2.19. The quantitative estimate of drug-likeness (QED) is 0.710. The van der Waals surface area contributed by atoms with Crippen LogP contribution in [0.2, 0.25) is 0 Å². The molecular weight excluding hydrogens is 218 g/mol. The topological polar surface area (TPSA) is 69.6 Å². The van der Waals surface area contributed by atoms with Gasteiger partial charge in [-0.2, -0.15) is 0 Å². The van der Waals surface area contributed by atoms with Gasteiger partial charge in [0, 0.05) is 12.2 Å². The summed E-state index contributed by atoms with van der Waals surface area (Å²) in [6.07, 6.45) is 1.56. The summed E-state index contributed by atoms with van der Waals surface area (Å²) >= 11 is 0. The van der Waals surface area contributed by atoms with Crippen LogP contribution in [0.4, 0.5) is 5.69 Å². The molecule has 0 aliphatic heterocycles. The van der Waals surface area contributed by atoms with E-state index in [9.17, 15) is 9.90 Å². The van der Waals surface area contributed by atoms with Crippen LogP contribution in [0.15, 0.2) is 24.3 Å². The maximum atomic E-state index is 11.0. The van der Waals surface area contributed by atoms with Crippen molar-refractivity contribution in [3.8, 4) is 0 Å². The van der Waals surface area contributed by atoms with E-state index < -0.39 is 11.6 Å². The average Bonchev–Trinajstić information content (AvgIpc) is 2.27. The summed E-state index contributed by atoms with van der Waals surface area (Å²) in [5.74, 6) is -0.969. The van der Waals surface area contributed by atoms with Gasteiger partial charge in [0.2, 0.25) is 0 Å². The van der Waals surface area contributed by atoms with E-state index in [0.29, 0.717) is 18.7 Å². The van der Waals surface area contributed by atoms with Gasteiger partial charge in [0.25, 0.3) is 0 Å². The molecule has 0 fully saturated rings. The largest absolute Gasteiger partial charge is 0.478 e. The molecule has 0 spiro atoms. The summed E-state index contributed by atoms with van der Waals surface area (Å²) in [6.45, 7) is 4.08. The van der Waals surface area contributed by atoms with Crippen molar-refractivity contribution in [3.05, 3.63) is 29.8 Å². The van der Waals surface area contributed by atoms with Crippen LogP contribution >= 0.6 is 0 Å². The molecule has 0 aromatic heterocycles. The van der Waals surface area contributed by atoms with Gasteiger partial charge in [-0.05, 0) is 25.5 Å². The number of para-hydroxylation sites is 1. The number of aromatic carboxylic acids is 1. The van der Waals surface area contributed by atoms with Gasteiger partial charge in [-0.1, -0.05) is 25.5 Å². The highest BCUT2D eigenvalue weighted by molar-refractivity contribution is 5.94. The molecule has 0 aliphatic carbocycles. The molecule has 4 nitrogen and oxygen atoms in total. The third-order valence-corrected chi connectivity index (χ3v) is 2.61. The summed E-state index contributed by atoms with van der Waals surface area (Å²) in [5.41, 5.74) is -0.0587. The van der Waals surface area contributed by atoms with Gasteiger partial charge < -0.3 is 15.5 Å². The van der Waals surface area contributed by atoms with Crippen LogP contribution in [0, 0.1) is 0 Å². The lowest BCUT2D eigenvalue weighted by Crippen LogP contribution is -2.33. The van der Waals surface area contributed by atoms with Crippen LogP contribution in [-0.4, -0.2) is 28.3 Å². The molecule has 4 heteroatoms. The maximum absolute atomic E-state index is 11.0. The summed E-state index contributed by atoms with van der Waals surface area (Å²) in [7, 11) is 0. The lowest BCUT2D eigenvalue weighted by molar-refractivity contribution is 0.0631. The SMILES string of the molecule is CCCC(C)(O)CNc1ccccc1C(=O)O. The molecule has 1 aromatic rings. The molecule has 1 unspecified atom stereocenters. The molecule has 1 rings (SSSR count). The Labute approximate surface area is 101 Å². The van der Waals surface area contributed by atoms with Crippen molar-refractivity contribution in [2.45, 2.75) is 32.3 Å². The predicted molar refractivity (Wildman–Crippen MR) is 67.4 cm³/mol. The van der Waals surface area contributed by atoms with Gasteiger partial charge in [-0.3, -0.25) is 0 Å². The Morgan fingerprint density at radius 1 is 1.41 bits per heavy atom. The number of benzene rings is 1. The Morgan fingerprint density at radius 2 is 2.06 bits per heavy atom. The fraction of sp³-hybridized carbons (Fsp3) is 0.462. The Balaban J connectivity index is 2.72. The number of aliphatic hydroxyl groups is 1. The van der Waals surface area contributed by atoms with Gasteiger partial charge >= 0.3 is 5.97 Å². The normalized spacial score (nSPS) is 14.1. The second kappa shape index (κ2) is 5.68. The first kappa shape index (κ1) is 13.5. The fourth-order valence-corrected chi connectivity index (χ4v) is 1.74. The number of rotatable bonds is 6. The smallest absolute Gasteiger partial charge is 0.337 e. The predicted octanol–water partition coefficient (Wildman–Crippen LogP) is 2.35. The van der Waals surface area contributed by atoms with E-state index in [1.807, 2.05) is 6.92 Å². The van der Waals surface area contributed by atoms with Gasteiger partial charge in [-0.15, -0.1) is 0 Å². The number of carboxylic acid groups (broad SMARTS) is 1. The molecule has 0 saturated heterocycles. The van der Waals surface area contributed by atoms with Crippen molar-refractivity contribution in [1.29, 1.82) is 0 Å². The lowest BCUT2D eigenvalue weighted by atomic mass is 10.0. The maximum Gasteiger partial charge on any atom is 0.337 e. The summed E-state index contributed by atoms with van der Waals surface area (Å²) in [5, 5.41) is 22.0. The highest BCUT2D eigenvalue weighted by atomic mass is 16.4. The first-order chi connectivity index (χ1) is 7.96. The lowest BCUT2D eigenvalue weighted by Gasteiger charge is -2.24. The molecule has 0 heterocycles. The molecule has 0 bridgehead atoms. The van der Waals surface area contributed by atoms with Crippen LogP contribution in [0.3, 0.4) is 0 Å². The first-order valence-corrected chi connectivity index (χ1v) is 5.75. The molecule has 3 N–H and O–H groups in total. The van der Waals surface area contributed by atoms with Gasteiger partial charge in [0.05, 0.1) is 11.2 Å². The van der Waals surface area contributed by atoms with Crippen LogP contribution in [-0.2, 0) is 0 Å². The molecule has 1 atom stereocenters. The van der Waals surface area contributed by atoms with E-state index in [-0.39, 0.29) is 5.56 Å². The van der Waals surface area contributed by atoms with E-state index >= 15 is 0 Å². The number of anilines is 1. The zero-order valence-electron chi connectivity index (χ0n) is 10.2. The third kappa shape index (κ3) is 4.07. The molecular formula is C13H19NO3. The summed E-state index contributed by atoms with van der Waals surface area (Å²) in [6, 6.07) is 6.69. The minimum absolute atomic E-state index is 0.222. The van der Waals surface area contributed by atoms with E-state index in [0.717, 1.165) is 6.42 Å². The van der Waals surface area contributed by atoms with E-state index in [1.54, 1.807) is 31.2 Å². The molecule has 0 aliphatic rings. The van der Waals surface area contributed by atoms with Gasteiger partial charge in [0.15, 0.2) is 0 Å². The fourth-order valence-electron chi connectivity index (χ4n) is 1.74. The second-order valence-electron chi connectivity index (χ2n) is 4.45. The van der Waals surface area contributed by atoms with Crippen LogP contribution < -0.4 is 5.32 Å². The minimum Gasteiger partial charge on any atom is -0.478 e. The third-order valence-electron chi connectivity index (χ3n) is 2.61. The number of hydrogen-bond donors (Lipinski definition) is 3. The number of hydrogen-bond acceptors (Lipinski definition) is 3. The molecule has 0 radical (unpaired) electrons. The van der Waals surface area contributed by atoms with Crippen molar-refractivity contribution in [2.24, 2.45) is 0 Å². The minimum atomic E-state index is -0.969. The Bertz CT molecular complexity index is 388. The Morgan fingerprint density at radius 3 is 2.65 bits per heavy atom. The summed E-state index contributed by atoms with van der Waals surface area (Å²) in [4.78, 5) is 11.0. The van der Waals surface area contributed by atoms with Crippen LogP contribution in [0.5, 0.6) is 0 Å². The molecule has 17 heavy (non-hydrogen) atoms. The molecule has 0 amide bonds. The van der Waals surface area contributed by atoms with Crippen LogP contribution in [0.25, 0.3) is 0 Å². The Hall–Kier alpha value is -1.55. The number of nitrogens with one attached hydrogen (secondary N) is 1.